The highest BCUT2D eigenvalue weighted by molar-refractivity contribution is 6.14. The van der Waals surface area contributed by atoms with Gasteiger partial charge in [-0.05, 0) is 88.0 Å². The highest BCUT2D eigenvalue weighted by Gasteiger charge is 2.36. The Morgan fingerprint density at radius 1 is 0.361 bits per heavy atom. The van der Waals surface area contributed by atoms with E-state index < -0.39 is 0 Å². The molecule has 8 aromatic carbocycles. The van der Waals surface area contributed by atoms with E-state index in [2.05, 4.69) is 175 Å². The average Bonchev–Trinajstić information content (AvgIpc) is 3.91. The van der Waals surface area contributed by atoms with Gasteiger partial charge in [0.2, 0.25) is 5.95 Å². The van der Waals surface area contributed by atoms with Crippen molar-refractivity contribution in [1.82, 2.24) is 24.1 Å². The first-order valence-corrected chi connectivity index (χ1v) is 21.2. The molecule has 0 spiro atoms. The van der Waals surface area contributed by atoms with Crippen LogP contribution in [0, 0.1) is 0 Å². The molecule has 1 aliphatic rings. The van der Waals surface area contributed by atoms with Gasteiger partial charge in [0.1, 0.15) is 0 Å². The van der Waals surface area contributed by atoms with E-state index in [0.717, 1.165) is 38.8 Å². The Kier molecular flexibility index (Phi) is 8.53. The fraction of sp³-hybridized carbons (Fsp3) is 0.0893. The van der Waals surface area contributed by atoms with E-state index in [0.29, 0.717) is 17.6 Å². The van der Waals surface area contributed by atoms with Crippen LogP contribution < -0.4 is 0 Å². The first kappa shape index (κ1) is 36.4. The fourth-order valence-electron chi connectivity index (χ4n) is 9.51. The second-order valence-corrected chi connectivity index (χ2v) is 16.1. The number of aromatic nitrogens is 5. The molecule has 0 aliphatic heterocycles. The Morgan fingerprint density at radius 2 is 0.869 bits per heavy atom. The molecule has 0 radical (unpaired) electrons. The van der Waals surface area contributed by atoms with E-state index in [4.69, 9.17) is 15.0 Å². The number of hydrogen-bond acceptors (Lipinski definition) is 3. The van der Waals surface area contributed by atoms with Crippen LogP contribution in [0.1, 0.15) is 38.8 Å². The molecule has 1 aliphatic carbocycles. The normalized spacial score (nSPS) is 12.7. The molecule has 0 N–H and O–H groups in total. The minimum absolute atomic E-state index is 0.154. The molecule has 12 rings (SSSR count). The van der Waals surface area contributed by atoms with Crippen LogP contribution in [0.3, 0.4) is 0 Å². The molecule has 61 heavy (non-hydrogen) atoms. The molecule has 0 saturated heterocycles. The second-order valence-electron chi connectivity index (χ2n) is 16.1. The maximum atomic E-state index is 5.25. The summed E-state index contributed by atoms with van der Waals surface area (Å²) < 4.78 is 4.62. The van der Waals surface area contributed by atoms with Gasteiger partial charge in [0, 0.05) is 43.8 Å². The van der Waals surface area contributed by atoms with E-state index in [1.54, 1.807) is 0 Å². The van der Waals surface area contributed by atoms with Crippen LogP contribution in [0.15, 0.2) is 188 Å². The van der Waals surface area contributed by atoms with Crippen molar-refractivity contribution in [2.75, 3.05) is 0 Å². The Labute approximate surface area is 355 Å². The molecule has 0 atom stereocenters. The highest BCUT2D eigenvalue weighted by atomic mass is 15.2. The van der Waals surface area contributed by atoms with E-state index in [1.807, 2.05) is 50.2 Å². The van der Waals surface area contributed by atoms with Crippen molar-refractivity contribution in [3.63, 3.8) is 0 Å². The quantitative estimate of drug-likeness (QED) is 0.175. The van der Waals surface area contributed by atoms with Gasteiger partial charge in [-0.25, -0.2) is 4.98 Å². The number of rotatable bonds is 5. The largest absolute Gasteiger partial charge is 0.309 e. The third-order valence-electron chi connectivity index (χ3n) is 12.4. The molecule has 3 heterocycles. The van der Waals surface area contributed by atoms with Gasteiger partial charge in [-0.15, -0.1) is 0 Å². The molecule has 0 saturated carbocycles. The lowest BCUT2D eigenvalue weighted by Crippen LogP contribution is -2.14. The lowest BCUT2D eigenvalue weighted by atomic mass is 9.82. The zero-order valence-corrected chi connectivity index (χ0v) is 34.6. The maximum absolute atomic E-state index is 5.25. The summed E-state index contributed by atoms with van der Waals surface area (Å²) in [6.45, 7) is 8.69. The van der Waals surface area contributed by atoms with Crippen molar-refractivity contribution < 1.29 is 0 Å². The van der Waals surface area contributed by atoms with Crippen molar-refractivity contribution >= 4 is 43.6 Å². The zero-order valence-electron chi connectivity index (χ0n) is 34.6. The lowest BCUT2D eigenvalue weighted by molar-refractivity contribution is 0.661. The van der Waals surface area contributed by atoms with Crippen molar-refractivity contribution in [3.8, 4) is 56.7 Å². The zero-order chi connectivity index (χ0) is 41.2. The van der Waals surface area contributed by atoms with E-state index in [-0.39, 0.29) is 5.41 Å². The number of benzene rings is 8. The molecule has 0 unspecified atom stereocenters. The van der Waals surface area contributed by atoms with Crippen LogP contribution >= 0.6 is 0 Å². The number of nitrogens with zero attached hydrogens (tertiary/aromatic N) is 5. The van der Waals surface area contributed by atoms with Gasteiger partial charge in [-0.1, -0.05) is 161 Å². The Balaban J connectivity index is 0.00000207. The highest BCUT2D eigenvalue weighted by Crippen LogP contribution is 2.51. The minimum Gasteiger partial charge on any atom is -0.309 e. The maximum Gasteiger partial charge on any atom is 0.238 e. The summed E-state index contributed by atoms with van der Waals surface area (Å²) in [6, 6.07) is 67.2. The van der Waals surface area contributed by atoms with Crippen LogP contribution in [0.4, 0.5) is 0 Å². The monoisotopic (exact) mass is 785 g/mol. The number of fused-ring (bicyclic) bond motifs is 9. The van der Waals surface area contributed by atoms with Gasteiger partial charge >= 0.3 is 0 Å². The van der Waals surface area contributed by atoms with E-state index in [9.17, 15) is 0 Å². The molecule has 5 nitrogen and oxygen atoms in total. The van der Waals surface area contributed by atoms with Crippen molar-refractivity contribution in [1.29, 1.82) is 0 Å². The molecule has 3 aromatic heterocycles. The smallest absolute Gasteiger partial charge is 0.238 e. The molecule has 292 valence electrons. The van der Waals surface area contributed by atoms with Crippen LogP contribution in [0.5, 0.6) is 0 Å². The SMILES string of the molecule is CC.CC1(C)c2ccccc2-c2cc3c(cc21)c1cc(-c2ccc4c(c2)c2ccccc2n4-c2ccccc2)ccc1n3-c1nc(-c2ccccc2)nc(-c2ccccc2)n1. The number of para-hydroxylation sites is 2. The fourth-order valence-corrected chi connectivity index (χ4v) is 9.51. The molecular formula is C56H43N5. The van der Waals surface area contributed by atoms with Crippen LogP contribution in [0.25, 0.3) is 100 Å². The van der Waals surface area contributed by atoms with Gasteiger partial charge in [0.15, 0.2) is 11.6 Å². The molecule has 0 fully saturated rings. The summed E-state index contributed by atoms with van der Waals surface area (Å²) in [5.41, 5.74) is 14.9. The van der Waals surface area contributed by atoms with Gasteiger partial charge < -0.3 is 4.57 Å². The summed E-state index contributed by atoms with van der Waals surface area (Å²) in [4.78, 5) is 15.5. The second kappa shape index (κ2) is 14.3. The Hall–Kier alpha value is -7.63. The summed E-state index contributed by atoms with van der Waals surface area (Å²) >= 11 is 0. The third-order valence-corrected chi connectivity index (χ3v) is 12.4. The first-order valence-electron chi connectivity index (χ1n) is 21.2. The molecule has 11 aromatic rings. The summed E-state index contributed by atoms with van der Waals surface area (Å²) in [5.74, 6) is 1.86. The number of hydrogen-bond donors (Lipinski definition) is 0. The molecular weight excluding hydrogens is 743 g/mol. The van der Waals surface area contributed by atoms with Crippen LogP contribution in [0.2, 0.25) is 0 Å². The lowest BCUT2D eigenvalue weighted by Gasteiger charge is -2.21. The van der Waals surface area contributed by atoms with Gasteiger partial charge in [-0.3, -0.25) is 4.57 Å². The van der Waals surface area contributed by atoms with Crippen molar-refractivity contribution in [3.05, 3.63) is 199 Å². The van der Waals surface area contributed by atoms with Gasteiger partial charge in [-0.2, -0.15) is 9.97 Å². The Bertz CT molecular complexity index is 3390. The van der Waals surface area contributed by atoms with E-state index >= 15 is 0 Å². The first-order chi connectivity index (χ1) is 30.0. The molecule has 5 heteroatoms. The Morgan fingerprint density at radius 3 is 1.52 bits per heavy atom. The predicted molar refractivity (Wildman–Crippen MR) is 254 cm³/mol. The summed E-state index contributed by atoms with van der Waals surface area (Å²) in [5, 5.41) is 4.79. The van der Waals surface area contributed by atoms with Crippen LogP contribution in [-0.4, -0.2) is 24.1 Å². The summed E-state index contributed by atoms with van der Waals surface area (Å²) in [7, 11) is 0. The van der Waals surface area contributed by atoms with Crippen molar-refractivity contribution in [2.24, 2.45) is 0 Å². The standard InChI is InChI=1S/C54H37N5.C2H6/c1-54(2)45-24-14-12-22-39(45)41-33-50-44(32-46(41)54)43-31-37(36-26-28-48-42(30-36)40-23-13-15-25-47(40)58(48)38-20-10-5-11-21-38)27-29-49(43)59(50)53-56-51(34-16-6-3-7-17-34)55-52(57-53)35-18-8-4-9-19-35;1-2/h3-33H,1-2H3;1-2H3. The van der Waals surface area contributed by atoms with E-state index in [1.165, 1.54) is 55.0 Å². The van der Waals surface area contributed by atoms with Gasteiger partial charge in [0.05, 0.1) is 22.1 Å². The molecule has 0 bridgehead atoms. The molecule has 0 amide bonds. The average molecular weight is 786 g/mol. The third kappa shape index (κ3) is 5.72. The topological polar surface area (TPSA) is 48.5 Å². The van der Waals surface area contributed by atoms with Crippen LogP contribution in [-0.2, 0) is 5.41 Å². The van der Waals surface area contributed by atoms with Crippen molar-refractivity contribution in [2.45, 2.75) is 33.1 Å². The summed E-state index contributed by atoms with van der Waals surface area (Å²) in [6.07, 6.45) is 0. The van der Waals surface area contributed by atoms with Gasteiger partial charge in [0.25, 0.3) is 0 Å². The predicted octanol–water partition coefficient (Wildman–Crippen LogP) is 14.4. The minimum atomic E-state index is -0.154.